The van der Waals surface area contributed by atoms with Crippen molar-refractivity contribution in [3.05, 3.63) is 18.2 Å². The lowest BCUT2D eigenvalue weighted by Gasteiger charge is -2.51. The van der Waals surface area contributed by atoms with E-state index < -0.39 is 0 Å². The molecule has 0 amide bonds. The van der Waals surface area contributed by atoms with E-state index in [9.17, 15) is 0 Å². The predicted octanol–water partition coefficient (Wildman–Crippen LogP) is 2.50. The number of nitrogens with two attached hydrogens (primary N) is 1. The Hall–Kier alpha value is -1.42. The summed E-state index contributed by atoms with van der Waals surface area (Å²) < 4.78 is 10.7. The van der Waals surface area contributed by atoms with Crippen molar-refractivity contribution >= 4 is 11.4 Å². The van der Waals surface area contributed by atoms with Crippen molar-refractivity contribution < 1.29 is 9.47 Å². The number of nitrogen functional groups attached to an aromatic ring is 1. The smallest absolute Gasteiger partial charge is 0.121 e. The Morgan fingerprint density at radius 3 is 2.61 bits per heavy atom. The van der Waals surface area contributed by atoms with Gasteiger partial charge in [0.2, 0.25) is 0 Å². The molecule has 18 heavy (non-hydrogen) atoms. The van der Waals surface area contributed by atoms with Crippen LogP contribution in [0, 0.1) is 5.41 Å². The van der Waals surface area contributed by atoms with Crippen LogP contribution in [0.4, 0.5) is 11.4 Å². The highest BCUT2D eigenvalue weighted by Crippen LogP contribution is 2.44. The lowest BCUT2D eigenvalue weighted by molar-refractivity contribution is -0.0794. The molecule has 0 radical (unpaired) electrons. The van der Waals surface area contributed by atoms with Crippen LogP contribution in [0.25, 0.3) is 0 Å². The van der Waals surface area contributed by atoms with E-state index in [2.05, 4.69) is 19.2 Å². The number of hydrogen-bond donors (Lipinski definition) is 2. The zero-order chi connectivity index (χ0) is 13.3. The van der Waals surface area contributed by atoms with E-state index in [-0.39, 0.29) is 5.41 Å². The summed E-state index contributed by atoms with van der Waals surface area (Å²) in [6, 6.07) is 6.04. The SMILES string of the molecule is COc1ccc(N)c(NC2CC(OC)C2(C)C)c1. The summed E-state index contributed by atoms with van der Waals surface area (Å²) in [6.45, 7) is 4.41. The van der Waals surface area contributed by atoms with Gasteiger partial charge in [0, 0.05) is 24.6 Å². The molecule has 0 spiro atoms. The molecule has 1 saturated carbocycles. The Kier molecular flexibility index (Phi) is 3.39. The van der Waals surface area contributed by atoms with E-state index in [1.165, 1.54) is 0 Å². The second kappa shape index (κ2) is 4.69. The average Bonchev–Trinajstić information content (AvgIpc) is 2.35. The van der Waals surface area contributed by atoms with Crippen LogP contribution in [0.2, 0.25) is 0 Å². The first-order valence-electron chi connectivity index (χ1n) is 6.22. The van der Waals surface area contributed by atoms with Gasteiger partial charge >= 0.3 is 0 Å². The number of methoxy groups -OCH3 is 2. The highest BCUT2D eigenvalue weighted by Gasteiger charge is 2.48. The first-order valence-corrected chi connectivity index (χ1v) is 6.22. The molecule has 1 aliphatic carbocycles. The van der Waals surface area contributed by atoms with Gasteiger partial charge in [-0.2, -0.15) is 0 Å². The van der Waals surface area contributed by atoms with Crippen LogP contribution in [0.15, 0.2) is 18.2 Å². The quantitative estimate of drug-likeness (QED) is 0.806. The van der Waals surface area contributed by atoms with Gasteiger partial charge in [-0.1, -0.05) is 13.8 Å². The van der Waals surface area contributed by atoms with Gasteiger partial charge in [-0.25, -0.2) is 0 Å². The first-order chi connectivity index (χ1) is 8.48. The second-order valence-electron chi connectivity index (χ2n) is 5.43. The topological polar surface area (TPSA) is 56.5 Å². The van der Waals surface area contributed by atoms with Crippen molar-refractivity contribution in [2.45, 2.75) is 32.4 Å². The maximum Gasteiger partial charge on any atom is 0.121 e. The molecule has 1 fully saturated rings. The van der Waals surface area contributed by atoms with Crippen molar-refractivity contribution in [3.63, 3.8) is 0 Å². The van der Waals surface area contributed by atoms with Gasteiger partial charge in [-0.3, -0.25) is 0 Å². The monoisotopic (exact) mass is 250 g/mol. The van der Waals surface area contributed by atoms with Crippen LogP contribution >= 0.6 is 0 Å². The van der Waals surface area contributed by atoms with Crippen LogP contribution in [-0.2, 0) is 4.74 Å². The minimum atomic E-state index is 0.115. The van der Waals surface area contributed by atoms with Crippen LogP contribution in [0.5, 0.6) is 5.75 Å². The van der Waals surface area contributed by atoms with E-state index in [0.717, 1.165) is 23.5 Å². The zero-order valence-electron chi connectivity index (χ0n) is 11.5. The average molecular weight is 250 g/mol. The van der Waals surface area contributed by atoms with Gasteiger partial charge in [0.1, 0.15) is 5.75 Å². The summed E-state index contributed by atoms with van der Waals surface area (Å²) >= 11 is 0. The number of ether oxygens (including phenoxy) is 2. The largest absolute Gasteiger partial charge is 0.497 e. The summed E-state index contributed by atoms with van der Waals surface area (Å²) in [4.78, 5) is 0. The Balaban J connectivity index is 2.11. The van der Waals surface area contributed by atoms with E-state index in [1.807, 2.05) is 18.2 Å². The molecule has 0 heterocycles. The fourth-order valence-corrected chi connectivity index (χ4v) is 2.51. The molecule has 1 aliphatic rings. The highest BCUT2D eigenvalue weighted by atomic mass is 16.5. The lowest BCUT2D eigenvalue weighted by Crippen LogP contribution is -2.57. The third-order valence-electron chi connectivity index (χ3n) is 4.05. The predicted molar refractivity (Wildman–Crippen MR) is 74.0 cm³/mol. The molecule has 1 aromatic rings. The van der Waals surface area contributed by atoms with Crippen molar-refractivity contribution in [1.29, 1.82) is 0 Å². The van der Waals surface area contributed by atoms with Gasteiger partial charge in [-0.15, -0.1) is 0 Å². The molecule has 1 aromatic carbocycles. The Bertz CT molecular complexity index is 432. The molecule has 2 atom stereocenters. The summed E-state index contributed by atoms with van der Waals surface area (Å²) in [5, 5.41) is 3.49. The van der Waals surface area contributed by atoms with Crippen molar-refractivity contribution in [2.24, 2.45) is 5.41 Å². The summed E-state index contributed by atoms with van der Waals surface area (Å²) in [5.74, 6) is 0.812. The Morgan fingerprint density at radius 2 is 2.06 bits per heavy atom. The van der Waals surface area contributed by atoms with E-state index in [0.29, 0.717) is 12.1 Å². The van der Waals surface area contributed by atoms with Crippen LogP contribution in [0.1, 0.15) is 20.3 Å². The molecule has 4 nitrogen and oxygen atoms in total. The highest BCUT2D eigenvalue weighted by molar-refractivity contribution is 5.69. The number of anilines is 2. The third kappa shape index (κ3) is 2.12. The first kappa shape index (κ1) is 13.0. The third-order valence-corrected chi connectivity index (χ3v) is 4.05. The molecule has 3 N–H and O–H groups in total. The van der Waals surface area contributed by atoms with Crippen molar-refractivity contribution in [1.82, 2.24) is 0 Å². The minimum absolute atomic E-state index is 0.115. The van der Waals surface area contributed by atoms with Gasteiger partial charge in [0.15, 0.2) is 0 Å². The van der Waals surface area contributed by atoms with Crippen molar-refractivity contribution in [3.8, 4) is 5.75 Å². The molecular formula is C14H22N2O2. The molecule has 100 valence electrons. The summed E-state index contributed by atoms with van der Waals surface area (Å²) in [7, 11) is 3.42. The van der Waals surface area contributed by atoms with E-state index >= 15 is 0 Å². The molecule has 2 unspecified atom stereocenters. The molecule has 4 heteroatoms. The number of benzene rings is 1. The molecule has 2 rings (SSSR count). The summed E-state index contributed by atoms with van der Waals surface area (Å²) in [6.07, 6.45) is 1.31. The fraction of sp³-hybridized carbons (Fsp3) is 0.571. The molecule has 0 aromatic heterocycles. The Morgan fingerprint density at radius 1 is 1.33 bits per heavy atom. The molecular weight excluding hydrogens is 228 g/mol. The lowest BCUT2D eigenvalue weighted by atomic mass is 9.64. The molecule has 0 saturated heterocycles. The van der Waals surface area contributed by atoms with E-state index in [4.69, 9.17) is 15.2 Å². The normalized spacial score (nSPS) is 25.3. The molecule has 0 aliphatic heterocycles. The van der Waals surface area contributed by atoms with E-state index in [1.54, 1.807) is 14.2 Å². The maximum absolute atomic E-state index is 5.98. The second-order valence-corrected chi connectivity index (χ2v) is 5.43. The maximum atomic E-state index is 5.98. The fourth-order valence-electron chi connectivity index (χ4n) is 2.51. The van der Waals surface area contributed by atoms with Gasteiger partial charge in [0.05, 0.1) is 24.6 Å². The zero-order valence-corrected chi connectivity index (χ0v) is 11.5. The van der Waals surface area contributed by atoms with Gasteiger partial charge < -0.3 is 20.5 Å². The van der Waals surface area contributed by atoms with Crippen LogP contribution in [0.3, 0.4) is 0 Å². The number of nitrogens with one attached hydrogen (secondary N) is 1. The minimum Gasteiger partial charge on any atom is -0.497 e. The standard InChI is InChI=1S/C14H22N2O2/c1-14(2)12(8-13(14)18-4)16-11-7-9(17-3)5-6-10(11)15/h5-7,12-13,16H,8,15H2,1-4H3. The van der Waals surface area contributed by atoms with Gasteiger partial charge in [0.25, 0.3) is 0 Å². The Labute approximate surface area is 108 Å². The van der Waals surface area contributed by atoms with Gasteiger partial charge in [-0.05, 0) is 18.6 Å². The summed E-state index contributed by atoms with van der Waals surface area (Å²) in [5.41, 5.74) is 7.77. The molecule has 0 bridgehead atoms. The van der Waals surface area contributed by atoms with Crippen LogP contribution < -0.4 is 15.8 Å². The number of hydrogen-bond acceptors (Lipinski definition) is 4. The number of rotatable bonds is 4. The van der Waals surface area contributed by atoms with Crippen molar-refractivity contribution in [2.75, 3.05) is 25.3 Å². The van der Waals surface area contributed by atoms with Crippen LogP contribution in [-0.4, -0.2) is 26.4 Å².